The fourth-order valence-corrected chi connectivity index (χ4v) is 5.20. The van der Waals surface area contributed by atoms with Crippen LogP contribution in [0.4, 0.5) is 10.1 Å². The van der Waals surface area contributed by atoms with Crippen LogP contribution < -0.4 is 5.32 Å². The summed E-state index contributed by atoms with van der Waals surface area (Å²) in [4.78, 5) is 34.5. The van der Waals surface area contributed by atoms with Crippen LogP contribution in [0.3, 0.4) is 0 Å². The Morgan fingerprint density at radius 3 is 2.43 bits per heavy atom. The monoisotopic (exact) mass is 506 g/mol. The Balaban J connectivity index is 1.26. The molecule has 0 aliphatic carbocycles. The number of piperidine rings is 1. The van der Waals surface area contributed by atoms with E-state index in [-0.39, 0.29) is 17.6 Å². The molecule has 198 valence electrons. The van der Waals surface area contributed by atoms with E-state index in [1.165, 1.54) is 17.7 Å². The van der Waals surface area contributed by atoms with E-state index >= 15 is 0 Å². The molecule has 2 heterocycles. The molecule has 0 aromatic heterocycles. The van der Waals surface area contributed by atoms with E-state index < -0.39 is 11.0 Å². The van der Waals surface area contributed by atoms with Crippen molar-refractivity contribution in [2.45, 2.75) is 65.3 Å². The van der Waals surface area contributed by atoms with Crippen molar-refractivity contribution in [2.24, 2.45) is 10.4 Å². The molecule has 37 heavy (non-hydrogen) atoms. The van der Waals surface area contributed by atoms with Gasteiger partial charge in [0.15, 0.2) is 5.54 Å². The fraction of sp³-hybridized carbons (Fsp3) is 0.500. The number of benzene rings is 2. The zero-order valence-electron chi connectivity index (χ0n) is 22.7. The van der Waals surface area contributed by atoms with Crippen LogP contribution >= 0.6 is 0 Å². The number of aliphatic imine (C=N–C) groups is 1. The number of amidine groups is 1. The van der Waals surface area contributed by atoms with Crippen molar-refractivity contribution in [1.29, 1.82) is 0 Å². The van der Waals surface area contributed by atoms with Gasteiger partial charge >= 0.3 is 0 Å². The molecule has 7 heteroatoms. The van der Waals surface area contributed by atoms with Gasteiger partial charge < -0.3 is 10.2 Å². The highest BCUT2D eigenvalue weighted by Crippen LogP contribution is 2.34. The fourth-order valence-electron chi connectivity index (χ4n) is 5.20. The average Bonchev–Trinajstić information content (AvgIpc) is 3.08. The highest BCUT2D eigenvalue weighted by Gasteiger charge is 2.44. The van der Waals surface area contributed by atoms with E-state index in [9.17, 15) is 14.0 Å². The Morgan fingerprint density at radius 1 is 1.11 bits per heavy atom. The van der Waals surface area contributed by atoms with Crippen molar-refractivity contribution in [3.63, 3.8) is 0 Å². The second-order valence-electron chi connectivity index (χ2n) is 11.5. The molecule has 0 spiro atoms. The molecule has 2 aromatic carbocycles. The maximum atomic E-state index is 13.4. The lowest BCUT2D eigenvalue weighted by Gasteiger charge is -2.33. The summed E-state index contributed by atoms with van der Waals surface area (Å²) in [6.07, 6.45) is 3.02. The van der Waals surface area contributed by atoms with Gasteiger partial charge in [-0.05, 0) is 94.1 Å². The number of nitrogens with zero attached hydrogens (tertiary/aromatic N) is 3. The van der Waals surface area contributed by atoms with Gasteiger partial charge in [-0.1, -0.05) is 45.0 Å². The first kappa shape index (κ1) is 27.0. The molecule has 4 rings (SSSR count). The van der Waals surface area contributed by atoms with Gasteiger partial charge in [0.2, 0.25) is 5.91 Å². The Kier molecular flexibility index (Phi) is 7.83. The lowest BCUT2D eigenvalue weighted by atomic mass is 9.89. The zero-order chi connectivity index (χ0) is 26.8. The number of likely N-dealkylation sites (tertiary alicyclic amines) is 1. The van der Waals surface area contributed by atoms with Crippen LogP contribution in [0.25, 0.3) is 0 Å². The quantitative estimate of drug-likeness (QED) is 0.535. The average molecular weight is 507 g/mol. The van der Waals surface area contributed by atoms with E-state index in [4.69, 9.17) is 0 Å². The van der Waals surface area contributed by atoms with Gasteiger partial charge in [-0.2, -0.15) is 0 Å². The molecule has 6 nitrogen and oxygen atoms in total. The standard InChI is InChI=1S/C30H39FN4O2/c1-21-33-30(5,24-10-12-25(31)13-11-24)28(37)35(21)17-7-16-34-18-14-22(15-19-34)23-8-6-9-26(20-23)32-27(36)29(2,3)4/h6,8-13,20,22H,7,14-19H2,1-5H3,(H,32,36). The molecule has 0 saturated carbocycles. The minimum Gasteiger partial charge on any atom is -0.326 e. The van der Waals surface area contributed by atoms with Gasteiger partial charge in [-0.25, -0.2) is 4.39 Å². The summed E-state index contributed by atoms with van der Waals surface area (Å²) >= 11 is 0. The lowest BCUT2D eigenvalue weighted by Crippen LogP contribution is -2.41. The minimum atomic E-state index is -0.989. The third-order valence-corrected chi connectivity index (χ3v) is 7.58. The highest BCUT2D eigenvalue weighted by molar-refractivity contribution is 6.07. The molecule has 0 bridgehead atoms. The largest absolute Gasteiger partial charge is 0.326 e. The van der Waals surface area contributed by atoms with Crippen LogP contribution in [0.15, 0.2) is 53.5 Å². The van der Waals surface area contributed by atoms with E-state index in [1.807, 2.05) is 39.8 Å². The maximum absolute atomic E-state index is 13.4. The SMILES string of the molecule is CC1=NC(C)(c2ccc(F)cc2)C(=O)N1CCCN1CCC(c2cccc(NC(=O)C(C)(C)C)c2)CC1. The van der Waals surface area contributed by atoms with Crippen molar-refractivity contribution in [1.82, 2.24) is 9.80 Å². The third-order valence-electron chi connectivity index (χ3n) is 7.58. The zero-order valence-corrected chi connectivity index (χ0v) is 22.7. The molecule has 2 aliphatic rings. The first-order valence-corrected chi connectivity index (χ1v) is 13.3. The number of rotatable bonds is 7. The summed E-state index contributed by atoms with van der Waals surface area (Å²) in [6, 6.07) is 14.3. The number of nitrogens with one attached hydrogen (secondary N) is 1. The predicted octanol–water partition coefficient (Wildman–Crippen LogP) is 5.56. The molecule has 1 atom stereocenters. The van der Waals surface area contributed by atoms with Crippen LogP contribution in [0.5, 0.6) is 0 Å². The molecule has 2 aromatic rings. The number of halogens is 1. The number of amides is 2. The minimum absolute atomic E-state index is 0.0224. The Labute approximate surface area is 219 Å². The smallest absolute Gasteiger partial charge is 0.260 e. The Bertz CT molecular complexity index is 1160. The summed E-state index contributed by atoms with van der Waals surface area (Å²) in [5.41, 5.74) is 1.44. The van der Waals surface area contributed by atoms with E-state index in [2.05, 4.69) is 27.3 Å². The summed E-state index contributed by atoms with van der Waals surface area (Å²) in [7, 11) is 0. The molecule has 1 N–H and O–H groups in total. The van der Waals surface area contributed by atoms with Crippen molar-refractivity contribution >= 4 is 23.3 Å². The van der Waals surface area contributed by atoms with Gasteiger partial charge in [-0.15, -0.1) is 0 Å². The van der Waals surface area contributed by atoms with Crippen LogP contribution in [-0.4, -0.2) is 53.6 Å². The Hall–Kier alpha value is -3.06. The van der Waals surface area contributed by atoms with Crippen LogP contribution in [0.1, 0.15) is 70.9 Å². The normalized spacial score (nSPS) is 21.3. The highest BCUT2D eigenvalue weighted by atomic mass is 19.1. The molecule has 2 aliphatic heterocycles. The van der Waals surface area contributed by atoms with Gasteiger partial charge in [-0.3, -0.25) is 19.5 Å². The molecule has 2 amide bonds. The summed E-state index contributed by atoms with van der Waals surface area (Å²) < 4.78 is 13.4. The maximum Gasteiger partial charge on any atom is 0.260 e. The van der Waals surface area contributed by atoms with Gasteiger partial charge in [0.05, 0.1) is 0 Å². The number of hydrogen-bond donors (Lipinski definition) is 1. The molecule has 1 unspecified atom stereocenters. The van der Waals surface area contributed by atoms with E-state index in [0.717, 1.165) is 44.6 Å². The lowest BCUT2D eigenvalue weighted by molar-refractivity contribution is -0.131. The van der Waals surface area contributed by atoms with E-state index in [0.29, 0.717) is 23.9 Å². The second-order valence-corrected chi connectivity index (χ2v) is 11.5. The van der Waals surface area contributed by atoms with Crippen LogP contribution in [0.2, 0.25) is 0 Å². The van der Waals surface area contributed by atoms with Crippen molar-refractivity contribution in [3.8, 4) is 0 Å². The number of anilines is 1. The van der Waals surface area contributed by atoms with Crippen molar-refractivity contribution < 1.29 is 14.0 Å². The number of carbonyl (C=O) groups is 2. The Morgan fingerprint density at radius 2 is 1.78 bits per heavy atom. The molecular weight excluding hydrogens is 467 g/mol. The van der Waals surface area contributed by atoms with Crippen LogP contribution in [-0.2, 0) is 15.1 Å². The van der Waals surface area contributed by atoms with Gasteiger partial charge in [0.1, 0.15) is 11.7 Å². The van der Waals surface area contributed by atoms with Crippen LogP contribution in [0, 0.1) is 11.2 Å². The molecule has 1 saturated heterocycles. The summed E-state index contributed by atoms with van der Waals surface area (Å²) in [6.45, 7) is 13.0. The summed E-state index contributed by atoms with van der Waals surface area (Å²) in [5, 5.41) is 3.04. The first-order valence-electron chi connectivity index (χ1n) is 13.3. The third kappa shape index (κ3) is 6.09. The predicted molar refractivity (Wildman–Crippen MR) is 146 cm³/mol. The number of carbonyl (C=O) groups excluding carboxylic acids is 2. The first-order chi connectivity index (χ1) is 17.5. The number of hydrogen-bond acceptors (Lipinski definition) is 4. The van der Waals surface area contributed by atoms with E-state index in [1.54, 1.807) is 24.0 Å². The molecule has 0 radical (unpaired) electrons. The van der Waals surface area contributed by atoms with Crippen molar-refractivity contribution in [3.05, 3.63) is 65.5 Å². The topological polar surface area (TPSA) is 65.0 Å². The summed E-state index contributed by atoms with van der Waals surface area (Å²) in [5.74, 6) is 0.852. The molecule has 1 fully saturated rings. The van der Waals surface area contributed by atoms with Gasteiger partial charge in [0, 0.05) is 17.6 Å². The van der Waals surface area contributed by atoms with Crippen molar-refractivity contribution in [2.75, 3.05) is 31.5 Å². The van der Waals surface area contributed by atoms with Gasteiger partial charge in [0.25, 0.3) is 5.91 Å². The molecular formula is C30H39FN4O2. The second kappa shape index (κ2) is 10.7.